The van der Waals surface area contributed by atoms with Crippen LogP contribution in [0, 0.1) is 5.82 Å². The van der Waals surface area contributed by atoms with Crippen LogP contribution in [0.5, 0.6) is 5.75 Å². The van der Waals surface area contributed by atoms with Crippen molar-refractivity contribution in [3.63, 3.8) is 0 Å². The highest BCUT2D eigenvalue weighted by atomic mass is 19.4. The van der Waals surface area contributed by atoms with Gasteiger partial charge in [0, 0.05) is 28.8 Å². The third-order valence-electron chi connectivity index (χ3n) is 5.85. The van der Waals surface area contributed by atoms with E-state index >= 15 is 0 Å². The number of aldehydes is 1. The molecule has 188 valence electrons. The molecule has 2 N–H and O–H groups in total. The number of alkyl halides is 3. The average molecular weight is 496 g/mol. The molecule has 2 aromatic rings. The Balaban J connectivity index is 1.97. The van der Waals surface area contributed by atoms with Crippen LogP contribution in [0.1, 0.15) is 50.0 Å². The molecule has 2 atom stereocenters. The van der Waals surface area contributed by atoms with E-state index in [0.29, 0.717) is 23.1 Å². The SMILES string of the molecule is COc1cccc(F)c1C(C)(C)CC(O)(C(=O)Nc1ccc2c(c1)C(C)=NOC2C=O)C(F)(F)F. The van der Waals surface area contributed by atoms with Gasteiger partial charge in [-0.3, -0.25) is 9.59 Å². The van der Waals surface area contributed by atoms with Crippen LogP contribution in [0.4, 0.5) is 23.2 Å². The average Bonchev–Trinajstić information content (AvgIpc) is 2.78. The molecule has 0 aliphatic carbocycles. The third-order valence-corrected chi connectivity index (χ3v) is 5.85. The molecule has 1 amide bonds. The summed E-state index contributed by atoms with van der Waals surface area (Å²) in [5.41, 5.74) is -4.68. The first-order chi connectivity index (χ1) is 16.2. The first kappa shape index (κ1) is 26.1. The highest BCUT2D eigenvalue weighted by Crippen LogP contribution is 2.45. The van der Waals surface area contributed by atoms with Gasteiger partial charge in [0.15, 0.2) is 6.29 Å². The van der Waals surface area contributed by atoms with Crippen LogP contribution in [0.2, 0.25) is 0 Å². The van der Waals surface area contributed by atoms with Crippen LogP contribution in [0.3, 0.4) is 0 Å². The number of ether oxygens (including phenoxy) is 1. The number of methoxy groups -OCH3 is 1. The van der Waals surface area contributed by atoms with Gasteiger partial charge >= 0.3 is 6.18 Å². The number of anilines is 1. The van der Waals surface area contributed by atoms with E-state index in [1.54, 1.807) is 6.92 Å². The molecule has 0 radical (unpaired) electrons. The lowest BCUT2D eigenvalue weighted by atomic mass is 9.74. The Morgan fingerprint density at radius 2 is 1.94 bits per heavy atom. The van der Waals surface area contributed by atoms with Crippen molar-refractivity contribution in [1.29, 1.82) is 0 Å². The molecule has 2 unspecified atom stereocenters. The summed E-state index contributed by atoms with van der Waals surface area (Å²) in [7, 11) is 1.23. The summed E-state index contributed by atoms with van der Waals surface area (Å²) >= 11 is 0. The van der Waals surface area contributed by atoms with Gasteiger partial charge in [-0.15, -0.1) is 0 Å². The minimum atomic E-state index is -5.39. The fourth-order valence-electron chi connectivity index (χ4n) is 4.14. The van der Waals surface area contributed by atoms with Gasteiger partial charge in [0.1, 0.15) is 11.6 Å². The van der Waals surface area contributed by atoms with Gasteiger partial charge in [-0.05, 0) is 36.6 Å². The van der Waals surface area contributed by atoms with E-state index in [-0.39, 0.29) is 17.0 Å². The number of hydrogen-bond donors (Lipinski definition) is 2. The summed E-state index contributed by atoms with van der Waals surface area (Å²) in [4.78, 5) is 29.1. The van der Waals surface area contributed by atoms with E-state index in [2.05, 4.69) is 10.5 Å². The Hall–Kier alpha value is -3.47. The molecular weight excluding hydrogens is 472 g/mol. The zero-order chi connectivity index (χ0) is 26.2. The fraction of sp³-hybridized carbons (Fsp3) is 0.375. The number of hydrogen-bond acceptors (Lipinski definition) is 6. The zero-order valence-electron chi connectivity index (χ0n) is 19.4. The molecule has 0 spiro atoms. The van der Waals surface area contributed by atoms with Crippen LogP contribution >= 0.6 is 0 Å². The van der Waals surface area contributed by atoms with Gasteiger partial charge < -0.3 is 20.0 Å². The van der Waals surface area contributed by atoms with Crippen LogP contribution in [-0.4, -0.2) is 41.9 Å². The molecule has 0 aromatic heterocycles. The van der Waals surface area contributed by atoms with Crippen molar-refractivity contribution in [2.45, 2.75) is 50.5 Å². The summed E-state index contributed by atoms with van der Waals surface area (Å²) in [6.45, 7) is 4.11. The van der Waals surface area contributed by atoms with E-state index in [4.69, 9.17) is 9.57 Å². The van der Waals surface area contributed by atoms with E-state index in [9.17, 15) is 32.3 Å². The quantitative estimate of drug-likeness (QED) is 0.437. The van der Waals surface area contributed by atoms with Crippen molar-refractivity contribution in [3.05, 3.63) is 58.9 Å². The Labute approximate surface area is 198 Å². The number of fused-ring (bicyclic) bond motifs is 1. The molecule has 35 heavy (non-hydrogen) atoms. The van der Waals surface area contributed by atoms with Crippen molar-refractivity contribution in [1.82, 2.24) is 0 Å². The molecule has 1 aliphatic rings. The Morgan fingerprint density at radius 1 is 1.26 bits per heavy atom. The lowest BCUT2D eigenvalue weighted by Crippen LogP contribution is -2.57. The second-order valence-electron chi connectivity index (χ2n) is 8.83. The normalized spacial score (nSPS) is 17.4. The van der Waals surface area contributed by atoms with Crippen LogP contribution < -0.4 is 10.1 Å². The minimum absolute atomic E-state index is 0.0173. The van der Waals surface area contributed by atoms with Crippen molar-refractivity contribution >= 4 is 23.6 Å². The highest BCUT2D eigenvalue weighted by molar-refractivity contribution is 6.04. The first-order valence-electron chi connectivity index (χ1n) is 10.5. The second kappa shape index (κ2) is 9.29. The van der Waals surface area contributed by atoms with Crippen LogP contribution in [0.25, 0.3) is 0 Å². The van der Waals surface area contributed by atoms with Gasteiger partial charge in [-0.2, -0.15) is 13.2 Å². The number of benzene rings is 2. The van der Waals surface area contributed by atoms with Crippen molar-refractivity contribution in [2.24, 2.45) is 5.16 Å². The highest BCUT2D eigenvalue weighted by Gasteiger charge is 2.61. The van der Waals surface area contributed by atoms with Crippen LogP contribution in [0.15, 0.2) is 41.6 Å². The van der Waals surface area contributed by atoms with Gasteiger partial charge in [0.05, 0.1) is 12.8 Å². The molecule has 1 heterocycles. The molecule has 1 aliphatic heterocycles. The molecular formula is C24H24F4N2O5. The predicted octanol–water partition coefficient (Wildman–Crippen LogP) is 4.43. The number of amides is 1. The number of rotatable bonds is 7. The summed E-state index contributed by atoms with van der Waals surface area (Å²) in [5, 5.41) is 16.5. The molecule has 0 bridgehead atoms. The monoisotopic (exact) mass is 496 g/mol. The maximum atomic E-state index is 14.6. The smallest absolute Gasteiger partial charge is 0.426 e. The first-order valence-corrected chi connectivity index (χ1v) is 10.5. The number of nitrogens with one attached hydrogen (secondary N) is 1. The van der Waals surface area contributed by atoms with Gasteiger partial charge in [-0.1, -0.05) is 31.1 Å². The molecule has 3 rings (SSSR count). The van der Waals surface area contributed by atoms with Crippen molar-refractivity contribution in [2.75, 3.05) is 12.4 Å². The molecule has 0 saturated heterocycles. The lowest BCUT2D eigenvalue weighted by Gasteiger charge is -2.37. The molecule has 0 saturated carbocycles. The Morgan fingerprint density at radius 3 is 2.54 bits per heavy atom. The lowest BCUT2D eigenvalue weighted by molar-refractivity contribution is -0.254. The summed E-state index contributed by atoms with van der Waals surface area (Å²) in [5.74, 6) is -2.60. The topological polar surface area (TPSA) is 97.2 Å². The fourth-order valence-corrected chi connectivity index (χ4v) is 4.14. The maximum absolute atomic E-state index is 14.6. The number of carbonyl (C=O) groups excluding carboxylic acids is 2. The second-order valence-corrected chi connectivity index (χ2v) is 8.83. The number of aliphatic hydroxyl groups is 1. The molecule has 2 aromatic carbocycles. The summed E-state index contributed by atoms with van der Waals surface area (Å²) in [6, 6.07) is 7.77. The minimum Gasteiger partial charge on any atom is -0.496 e. The van der Waals surface area contributed by atoms with Crippen molar-refractivity contribution < 1.29 is 41.8 Å². The third kappa shape index (κ3) is 4.86. The molecule has 0 fully saturated rings. The number of halogens is 4. The van der Waals surface area contributed by atoms with Gasteiger partial charge in [0.2, 0.25) is 11.7 Å². The van der Waals surface area contributed by atoms with E-state index in [1.807, 2.05) is 0 Å². The molecule has 11 heteroatoms. The number of carbonyl (C=O) groups is 2. The van der Waals surface area contributed by atoms with Crippen molar-refractivity contribution in [3.8, 4) is 5.75 Å². The number of nitrogens with zero attached hydrogens (tertiary/aromatic N) is 1. The number of oxime groups is 1. The zero-order valence-corrected chi connectivity index (χ0v) is 19.4. The maximum Gasteiger partial charge on any atom is 0.426 e. The largest absolute Gasteiger partial charge is 0.496 e. The summed E-state index contributed by atoms with van der Waals surface area (Å²) < 4.78 is 62.0. The van der Waals surface area contributed by atoms with E-state index in [1.165, 1.54) is 51.3 Å². The van der Waals surface area contributed by atoms with Gasteiger partial charge in [0.25, 0.3) is 5.91 Å². The van der Waals surface area contributed by atoms with Gasteiger partial charge in [-0.25, -0.2) is 4.39 Å². The Kier molecular flexibility index (Phi) is 6.94. The van der Waals surface area contributed by atoms with E-state index in [0.717, 1.165) is 6.07 Å². The van der Waals surface area contributed by atoms with E-state index < -0.39 is 41.4 Å². The molecule has 7 nitrogen and oxygen atoms in total. The summed E-state index contributed by atoms with van der Waals surface area (Å²) in [6.07, 6.45) is -7.08. The Bertz CT molecular complexity index is 1180. The van der Waals surface area contributed by atoms with Crippen LogP contribution in [-0.2, 0) is 19.8 Å². The standard InChI is InChI=1S/C24H24F4N2O5/c1-13-16-10-14(8-9-15(16)19(11-31)35-30-13)29-21(32)23(33,24(26,27)28)12-22(2,3)20-17(25)6-5-7-18(20)34-4/h5-11,19,33H,12H2,1-4H3,(H,29,32). The predicted molar refractivity (Wildman–Crippen MR) is 119 cm³/mol.